The Morgan fingerprint density at radius 3 is 2.46 bits per heavy atom. The second-order valence-corrected chi connectivity index (χ2v) is 6.44. The molecule has 0 spiro atoms. The van der Waals surface area contributed by atoms with Gasteiger partial charge < -0.3 is 14.9 Å². The normalized spacial score (nSPS) is 18.9. The van der Waals surface area contributed by atoms with Crippen molar-refractivity contribution in [3.05, 3.63) is 35.4 Å². The first-order chi connectivity index (χ1) is 11.6. The fourth-order valence-corrected chi connectivity index (χ4v) is 3.64. The molecule has 0 saturated carbocycles. The molecule has 2 heterocycles. The van der Waals surface area contributed by atoms with Gasteiger partial charge in [0.2, 0.25) is 11.8 Å². The standard InChI is InChI=1S/C18H22N2O4/c21-16-6-3-9-20(16)14-7-10-19(11-8-14)17(22)12-13-4-1-2-5-15(13)18(23)24/h1-2,4-5,14H,3,6-12H2,(H,23,24). The molecule has 0 radical (unpaired) electrons. The molecule has 0 aromatic heterocycles. The number of benzene rings is 1. The number of carboxylic acid groups (broad SMARTS) is 1. The number of hydrogen-bond acceptors (Lipinski definition) is 3. The highest BCUT2D eigenvalue weighted by Crippen LogP contribution is 2.22. The Morgan fingerprint density at radius 1 is 1.12 bits per heavy atom. The van der Waals surface area contributed by atoms with Gasteiger partial charge in [-0.25, -0.2) is 4.79 Å². The Bertz CT molecular complexity index is 650. The summed E-state index contributed by atoms with van der Waals surface area (Å²) in [6.07, 6.45) is 3.29. The summed E-state index contributed by atoms with van der Waals surface area (Å²) < 4.78 is 0. The maximum absolute atomic E-state index is 12.5. The highest BCUT2D eigenvalue weighted by molar-refractivity contribution is 5.91. The second-order valence-electron chi connectivity index (χ2n) is 6.44. The summed E-state index contributed by atoms with van der Waals surface area (Å²) >= 11 is 0. The molecule has 2 fully saturated rings. The zero-order chi connectivity index (χ0) is 17.1. The topological polar surface area (TPSA) is 77.9 Å². The zero-order valence-electron chi connectivity index (χ0n) is 13.6. The largest absolute Gasteiger partial charge is 0.478 e. The molecule has 2 aliphatic rings. The van der Waals surface area contributed by atoms with Gasteiger partial charge in [0.1, 0.15) is 0 Å². The summed E-state index contributed by atoms with van der Waals surface area (Å²) in [4.78, 5) is 39.3. The van der Waals surface area contributed by atoms with Crippen molar-refractivity contribution < 1.29 is 19.5 Å². The van der Waals surface area contributed by atoms with Gasteiger partial charge in [0.25, 0.3) is 0 Å². The van der Waals surface area contributed by atoms with Crippen LogP contribution in [0.2, 0.25) is 0 Å². The fourth-order valence-electron chi connectivity index (χ4n) is 3.64. The molecule has 6 nitrogen and oxygen atoms in total. The van der Waals surface area contributed by atoms with Gasteiger partial charge in [-0.15, -0.1) is 0 Å². The molecule has 1 N–H and O–H groups in total. The van der Waals surface area contributed by atoms with E-state index in [0.29, 0.717) is 25.1 Å². The zero-order valence-corrected chi connectivity index (χ0v) is 13.6. The van der Waals surface area contributed by atoms with Crippen molar-refractivity contribution in [2.75, 3.05) is 19.6 Å². The Morgan fingerprint density at radius 2 is 1.83 bits per heavy atom. The number of amides is 2. The average Bonchev–Trinajstić information content (AvgIpc) is 3.01. The summed E-state index contributed by atoms with van der Waals surface area (Å²) in [5, 5.41) is 9.21. The number of carboxylic acids is 1. The van der Waals surface area contributed by atoms with E-state index in [4.69, 9.17) is 0 Å². The Kier molecular flexibility index (Phi) is 4.83. The van der Waals surface area contributed by atoms with E-state index in [9.17, 15) is 19.5 Å². The predicted octanol–water partition coefficient (Wildman–Crippen LogP) is 1.54. The number of hydrogen-bond donors (Lipinski definition) is 1. The highest BCUT2D eigenvalue weighted by Gasteiger charge is 2.31. The lowest BCUT2D eigenvalue weighted by Gasteiger charge is -2.36. The number of aromatic carboxylic acids is 1. The maximum Gasteiger partial charge on any atom is 0.335 e. The van der Waals surface area contributed by atoms with Crippen LogP contribution >= 0.6 is 0 Å². The van der Waals surface area contributed by atoms with Gasteiger partial charge in [-0.3, -0.25) is 9.59 Å². The van der Waals surface area contributed by atoms with Crippen LogP contribution in [-0.2, 0) is 16.0 Å². The molecule has 0 atom stereocenters. The van der Waals surface area contributed by atoms with Crippen LogP contribution in [-0.4, -0.2) is 58.4 Å². The molecule has 24 heavy (non-hydrogen) atoms. The van der Waals surface area contributed by atoms with Crippen molar-refractivity contribution in [1.82, 2.24) is 9.80 Å². The van der Waals surface area contributed by atoms with Crippen LogP contribution in [0.15, 0.2) is 24.3 Å². The summed E-state index contributed by atoms with van der Waals surface area (Å²) in [5.74, 6) is -0.824. The van der Waals surface area contributed by atoms with E-state index in [1.807, 2.05) is 4.90 Å². The highest BCUT2D eigenvalue weighted by atomic mass is 16.4. The molecule has 1 aromatic rings. The first-order valence-electron chi connectivity index (χ1n) is 8.44. The Hall–Kier alpha value is -2.37. The average molecular weight is 330 g/mol. The van der Waals surface area contributed by atoms with Gasteiger partial charge in [-0.05, 0) is 30.9 Å². The van der Waals surface area contributed by atoms with Gasteiger partial charge in [-0.2, -0.15) is 0 Å². The molecule has 1 aromatic carbocycles. The van der Waals surface area contributed by atoms with E-state index in [2.05, 4.69) is 0 Å². The molecular weight excluding hydrogens is 308 g/mol. The van der Waals surface area contributed by atoms with Gasteiger partial charge >= 0.3 is 5.97 Å². The number of carbonyl (C=O) groups is 3. The van der Waals surface area contributed by atoms with Crippen LogP contribution in [0, 0.1) is 0 Å². The van der Waals surface area contributed by atoms with Crippen LogP contribution in [0.1, 0.15) is 41.6 Å². The number of rotatable bonds is 4. The molecular formula is C18H22N2O4. The fraction of sp³-hybridized carbons (Fsp3) is 0.500. The lowest BCUT2D eigenvalue weighted by molar-refractivity contribution is -0.134. The van der Waals surface area contributed by atoms with E-state index in [1.165, 1.54) is 6.07 Å². The van der Waals surface area contributed by atoms with Gasteiger partial charge in [0.05, 0.1) is 12.0 Å². The molecule has 0 unspecified atom stereocenters. The van der Waals surface area contributed by atoms with Crippen molar-refractivity contribution in [2.24, 2.45) is 0 Å². The molecule has 0 bridgehead atoms. The van der Waals surface area contributed by atoms with Crippen LogP contribution in [0.25, 0.3) is 0 Å². The molecule has 2 saturated heterocycles. The Labute approximate surface area is 141 Å². The smallest absolute Gasteiger partial charge is 0.335 e. The quantitative estimate of drug-likeness (QED) is 0.908. The molecule has 0 aliphatic carbocycles. The molecule has 128 valence electrons. The van der Waals surface area contributed by atoms with E-state index < -0.39 is 5.97 Å². The third-order valence-corrected chi connectivity index (χ3v) is 4.96. The van der Waals surface area contributed by atoms with Gasteiger partial charge in [-0.1, -0.05) is 18.2 Å². The molecule has 2 amide bonds. The lowest BCUT2D eigenvalue weighted by atomic mass is 10.0. The second kappa shape index (κ2) is 7.03. The molecule has 3 rings (SSSR count). The minimum atomic E-state index is -1.01. The van der Waals surface area contributed by atoms with Crippen LogP contribution in [0.4, 0.5) is 0 Å². The summed E-state index contributed by atoms with van der Waals surface area (Å²) in [7, 11) is 0. The number of likely N-dealkylation sites (tertiary alicyclic amines) is 2. The third-order valence-electron chi connectivity index (χ3n) is 4.96. The molecule has 6 heteroatoms. The monoisotopic (exact) mass is 330 g/mol. The van der Waals surface area contributed by atoms with E-state index in [-0.39, 0.29) is 29.8 Å². The lowest BCUT2D eigenvalue weighted by Crippen LogP contribution is -2.47. The van der Waals surface area contributed by atoms with Crippen molar-refractivity contribution in [3.8, 4) is 0 Å². The van der Waals surface area contributed by atoms with Crippen LogP contribution < -0.4 is 0 Å². The number of carbonyl (C=O) groups excluding carboxylic acids is 2. The first-order valence-corrected chi connectivity index (χ1v) is 8.44. The first kappa shape index (κ1) is 16.5. The predicted molar refractivity (Wildman–Crippen MR) is 87.7 cm³/mol. The van der Waals surface area contributed by atoms with Crippen molar-refractivity contribution >= 4 is 17.8 Å². The summed E-state index contributed by atoms with van der Waals surface area (Å²) in [6.45, 7) is 2.09. The summed E-state index contributed by atoms with van der Waals surface area (Å²) in [5.41, 5.74) is 0.732. The minimum absolute atomic E-state index is 0.0464. The number of piperidine rings is 1. The van der Waals surface area contributed by atoms with Crippen LogP contribution in [0.5, 0.6) is 0 Å². The maximum atomic E-state index is 12.5. The SMILES string of the molecule is O=C(O)c1ccccc1CC(=O)N1CCC(N2CCCC2=O)CC1. The number of nitrogens with zero attached hydrogens (tertiary/aromatic N) is 2. The van der Waals surface area contributed by atoms with E-state index in [0.717, 1.165) is 25.8 Å². The van der Waals surface area contributed by atoms with Crippen LogP contribution in [0.3, 0.4) is 0 Å². The minimum Gasteiger partial charge on any atom is -0.478 e. The van der Waals surface area contributed by atoms with E-state index in [1.54, 1.807) is 23.1 Å². The van der Waals surface area contributed by atoms with Crippen molar-refractivity contribution in [1.29, 1.82) is 0 Å². The Balaban J connectivity index is 1.58. The van der Waals surface area contributed by atoms with E-state index >= 15 is 0 Å². The molecule has 2 aliphatic heterocycles. The third kappa shape index (κ3) is 3.42. The van der Waals surface area contributed by atoms with Crippen molar-refractivity contribution in [2.45, 2.75) is 38.1 Å². The van der Waals surface area contributed by atoms with Crippen molar-refractivity contribution in [3.63, 3.8) is 0 Å². The van der Waals surface area contributed by atoms with Gasteiger partial charge in [0, 0.05) is 32.1 Å². The summed E-state index contributed by atoms with van der Waals surface area (Å²) in [6, 6.07) is 6.87. The van der Waals surface area contributed by atoms with Gasteiger partial charge in [0.15, 0.2) is 0 Å².